The van der Waals surface area contributed by atoms with Gasteiger partial charge in [0.1, 0.15) is 5.60 Å². The van der Waals surface area contributed by atoms with Crippen molar-refractivity contribution in [1.82, 2.24) is 4.98 Å². The zero-order valence-electron chi connectivity index (χ0n) is 12.3. The standard InChI is InChI=1S/C16H18N2O3/c1-16(2,3)21-15(20)18-13-8-5-4-7-11(13)12-9-6-10-14(19)17-12/h4-10H,1-3H3,(H,17,19)(H,18,20). The van der Waals surface area contributed by atoms with Gasteiger partial charge in [0.15, 0.2) is 0 Å². The van der Waals surface area contributed by atoms with Gasteiger partial charge >= 0.3 is 6.09 Å². The Hall–Kier alpha value is -2.56. The molecule has 0 saturated carbocycles. The van der Waals surface area contributed by atoms with Crippen LogP contribution >= 0.6 is 0 Å². The molecule has 5 nitrogen and oxygen atoms in total. The van der Waals surface area contributed by atoms with E-state index in [1.165, 1.54) is 6.07 Å². The van der Waals surface area contributed by atoms with Crippen LogP contribution in [0.3, 0.4) is 0 Å². The molecular weight excluding hydrogens is 268 g/mol. The summed E-state index contributed by atoms with van der Waals surface area (Å²) in [5.41, 5.74) is 1.17. The summed E-state index contributed by atoms with van der Waals surface area (Å²) in [6.07, 6.45) is -0.534. The van der Waals surface area contributed by atoms with Crippen molar-refractivity contribution in [3.8, 4) is 11.3 Å². The van der Waals surface area contributed by atoms with E-state index in [1.54, 1.807) is 45.0 Å². The number of amides is 1. The fourth-order valence-corrected chi connectivity index (χ4v) is 1.85. The molecule has 0 spiro atoms. The second-order valence-electron chi connectivity index (χ2n) is 5.60. The fourth-order valence-electron chi connectivity index (χ4n) is 1.85. The van der Waals surface area contributed by atoms with E-state index in [-0.39, 0.29) is 5.56 Å². The van der Waals surface area contributed by atoms with Gasteiger partial charge in [0.05, 0.1) is 11.4 Å². The molecule has 0 atom stereocenters. The van der Waals surface area contributed by atoms with E-state index >= 15 is 0 Å². The highest BCUT2D eigenvalue weighted by atomic mass is 16.6. The maximum Gasteiger partial charge on any atom is 0.412 e. The van der Waals surface area contributed by atoms with Crippen LogP contribution in [-0.2, 0) is 4.74 Å². The van der Waals surface area contributed by atoms with Crippen LogP contribution in [-0.4, -0.2) is 16.7 Å². The monoisotopic (exact) mass is 286 g/mol. The summed E-state index contributed by atoms with van der Waals surface area (Å²) in [6, 6.07) is 12.1. The number of H-pyrrole nitrogens is 1. The topological polar surface area (TPSA) is 71.2 Å². The second kappa shape index (κ2) is 5.83. The Bertz CT molecular complexity index is 699. The zero-order valence-corrected chi connectivity index (χ0v) is 12.3. The van der Waals surface area contributed by atoms with E-state index in [1.807, 2.05) is 12.1 Å². The molecule has 0 aliphatic carbocycles. The number of para-hydroxylation sites is 1. The van der Waals surface area contributed by atoms with Crippen molar-refractivity contribution >= 4 is 11.8 Å². The summed E-state index contributed by atoms with van der Waals surface area (Å²) in [6.45, 7) is 5.40. The number of carbonyl (C=O) groups excluding carboxylic acids is 1. The van der Waals surface area contributed by atoms with Crippen LogP contribution < -0.4 is 10.9 Å². The molecule has 0 saturated heterocycles. The van der Waals surface area contributed by atoms with Gasteiger partial charge in [0.2, 0.25) is 5.56 Å². The Kier molecular flexibility index (Phi) is 4.12. The number of aromatic amines is 1. The summed E-state index contributed by atoms with van der Waals surface area (Å²) in [5.74, 6) is 0. The second-order valence-corrected chi connectivity index (χ2v) is 5.60. The summed E-state index contributed by atoms with van der Waals surface area (Å²) in [7, 11) is 0. The SMILES string of the molecule is CC(C)(C)OC(=O)Nc1ccccc1-c1cccc(=O)[nH]1. The van der Waals surface area contributed by atoms with Gasteiger partial charge in [-0.1, -0.05) is 24.3 Å². The first-order chi connectivity index (χ1) is 9.85. The van der Waals surface area contributed by atoms with Gasteiger partial charge in [-0.15, -0.1) is 0 Å². The van der Waals surface area contributed by atoms with E-state index in [0.717, 1.165) is 5.56 Å². The van der Waals surface area contributed by atoms with Crippen molar-refractivity contribution in [2.45, 2.75) is 26.4 Å². The minimum Gasteiger partial charge on any atom is -0.444 e. The Labute approximate surface area is 123 Å². The number of hydrogen-bond donors (Lipinski definition) is 2. The molecule has 0 aliphatic rings. The molecule has 0 aliphatic heterocycles. The van der Waals surface area contributed by atoms with Gasteiger partial charge in [0.25, 0.3) is 0 Å². The molecule has 2 rings (SSSR count). The highest BCUT2D eigenvalue weighted by molar-refractivity contribution is 5.90. The highest BCUT2D eigenvalue weighted by Crippen LogP contribution is 2.25. The predicted octanol–water partition coefficient (Wildman–Crippen LogP) is 3.39. The fraction of sp³-hybridized carbons (Fsp3) is 0.250. The number of aromatic nitrogens is 1. The number of anilines is 1. The Morgan fingerprint density at radius 2 is 1.81 bits per heavy atom. The molecule has 1 amide bonds. The third-order valence-electron chi connectivity index (χ3n) is 2.62. The minimum atomic E-state index is -0.569. The molecule has 0 radical (unpaired) electrons. The van der Waals surface area contributed by atoms with Crippen LogP contribution in [0.4, 0.5) is 10.5 Å². The van der Waals surface area contributed by atoms with Crippen molar-refractivity contribution in [3.05, 3.63) is 52.8 Å². The van der Waals surface area contributed by atoms with Crippen LogP contribution in [0.15, 0.2) is 47.3 Å². The van der Waals surface area contributed by atoms with Crippen molar-refractivity contribution in [3.63, 3.8) is 0 Å². The normalized spacial score (nSPS) is 11.0. The van der Waals surface area contributed by atoms with E-state index in [4.69, 9.17) is 4.74 Å². The summed E-state index contributed by atoms with van der Waals surface area (Å²) < 4.78 is 5.23. The molecule has 21 heavy (non-hydrogen) atoms. The third-order valence-corrected chi connectivity index (χ3v) is 2.62. The van der Waals surface area contributed by atoms with Crippen molar-refractivity contribution in [2.24, 2.45) is 0 Å². The van der Waals surface area contributed by atoms with Crippen molar-refractivity contribution in [2.75, 3.05) is 5.32 Å². The lowest BCUT2D eigenvalue weighted by Crippen LogP contribution is -2.27. The molecule has 1 aromatic carbocycles. The Morgan fingerprint density at radius 3 is 2.48 bits per heavy atom. The first kappa shape index (κ1) is 14.8. The highest BCUT2D eigenvalue weighted by Gasteiger charge is 2.17. The molecule has 0 bridgehead atoms. The quantitative estimate of drug-likeness (QED) is 0.889. The van der Waals surface area contributed by atoms with Crippen LogP contribution in [0, 0.1) is 0 Å². The van der Waals surface area contributed by atoms with Crippen molar-refractivity contribution < 1.29 is 9.53 Å². The van der Waals surface area contributed by atoms with Gasteiger partial charge < -0.3 is 9.72 Å². The molecule has 110 valence electrons. The molecule has 1 aromatic heterocycles. The van der Waals surface area contributed by atoms with Crippen LogP contribution in [0.1, 0.15) is 20.8 Å². The summed E-state index contributed by atoms with van der Waals surface area (Å²) in [4.78, 5) is 26.0. The summed E-state index contributed by atoms with van der Waals surface area (Å²) >= 11 is 0. The number of ether oxygens (including phenoxy) is 1. The zero-order chi connectivity index (χ0) is 15.5. The van der Waals surface area contributed by atoms with E-state index < -0.39 is 11.7 Å². The average Bonchev–Trinajstić information content (AvgIpc) is 2.37. The molecule has 1 heterocycles. The molecular formula is C16H18N2O3. The largest absolute Gasteiger partial charge is 0.444 e. The lowest BCUT2D eigenvalue weighted by atomic mass is 10.1. The van der Waals surface area contributed by atoms with Gasteiger partial charge in [0, 0.05) is 11.6 Å². The average molecular weight is 286 g/mol. The van der Waals surface area contributed by atoms with E-state index in [2.05, 4.69) is 10.3 Å². The Morgan fingerprint density at radius 1 is 1.10 bits per heavy atom. The van der Waals surface area contributed by atoms with E-state index in [0.29, 0.717) is 11.4 Å². The lowest BCUT2D eigenvalue weighted by Gasteiger charge is -2.20. The predicted molar refractivity (Wildman–Crippen MR) is 82.4 cm³/mol. The van der Waals surface area contributed by atoms with Gasteiger partial charge in [-0.25, -0.2) is 4.79 Å². The maximum atomic E-state index is 11.9. The maximum absolute atomic E-state index is 11.9. The number of benzene rings is 1. The first-order valence-electron chi connectivity index (χ1n) is 6.64. The number of rotatable bonds is 2. The van der Waals surface area contributed by atoms with Gasteiger partial charge in [-0.2, -0.15) is 0 Å². The first-order valence-corrected chi connectivity index (χ1v) is 6.64. The van der Waals surface area contributed by atoms with Crippen LogP contribution in [0.25, 0.3) is 11.3 Å². The lowest BCUT2D eigenvalue weighted by molar-refractivity contribution is 0.0636. The number of hydrogen-bond acceptors (Lipinski definition) is 3. The smallest absolute Gasteiger partial charge is 0.412 e. The molecule has 0 unspecified atom stereocenters. The minimum absolute atomic E-state index is 0.195. The van der Waals surface area contributed by atoms with Crippen LogP contribution in [0.5, 0.6) is 0 Å². The molecule has 5 heteroatoms. The van der Waals surface area contributed by atoms with Gasteiger partial charge in [-0.3, -0.25) is 10.1 Å². The van der Waals surface area contributed by atoms with Gasteiger partial charge in [-0.05, 0) is 32.9 Å². The number of pyridine rings is 1. The molecule has 2 aromatic rings. The number of carbonyl (C=O) groups is 1. The van der Waals surface area contributed by atoms with E-state index in [9.17, 15) is 9.59 Å². The summed E-state index contributed by atoms with van der Waals surface area (Å²) in [5, 5.41) is 2.70. The molecule has 2 N–H and O–H groups in total. The third kappa shape index (κ3) is 4.21. The number of nitrogens with one attached hydrogen (secondary N) is 2. The molecule has 0 fully saturated rings. The Balaban J connectivity index is 2.30. The van der Waals surface area contributed by atoms with Crippen molar-refractivity contribution in [1.29, 1.82) is 0 Å². The van der Waals surface area contributed by atoms with Crippen LogP contribution in [0.2, 0.25) is 0 Å².